The molecule has 3 N–H and O–H groups in total. The fourth-order valence-electron chi connectivity index (χ4n) is 7.07. The Morgan fingerprint density at radius 1 is 0.564 bits per heavy atom. The van der Waals surface area contributed by atoms with Crippen molar-refractivity contribution in [1.29, 1.82) is 0 Å². The molecular weight excluding hydrogens is 685 g/mol. The molecule has 0 aromatic rings. The van der Waals surface area contributed by atoms with Crippen molar-refractivity contribution in [2.75, 3.05) is 39.4 Å². The van der Waals surface area contributed by atoms with E-state index in [4.69, 9.17) is 15.2 Å². The molecule has 0 aromatic heterocycles. The summed E-state index contributed by atoms with van der Waals surface area (Å²) < 4.78 is 11.3. The van der Waals surface area contributed by atoms with Crippen LogP contribution in [0.1, 0.15) is 220 Å². The van der Waals surface area contributed by atoms with Crippen LogP contribution >= 0.6 is 0 Å². The summed E-state index contributed by atoms with van der Waals surface area (Å²) in [4.78, 5) is 27.4. The van der Waals surface area contributed by atoms with Crippen molar-refractivity contribution in [3.05, 3.63) is 24.3 Å². The summed E-state index contributed by atoms with van der Waals surface area (Å²) in [6, 6.07) is 0. The first-order chi connectivity index (χ1) is 27.0. The molecule has 0 amide bonds. The van der Waals surface area contributed by atoms with E-state index in [1.807, 2.05) is 0 Å². The molecule has 2 atom stereocenters. The first-order valence-electron chi connectivity index (χ1n) is 23.7. The van der Waals surface area contributed by atoms with E-state index in [9.17, 15) is 14.7 Å². The molecule has 0 saturated heterocycles. The van der Waals surface area contributed by atoms with Crippen molar-refractivity contribution in [3.63, 3.8) is 0 Å². The highest BCUT2D eigenvalue weighted by atomic mass is 16.5. The van der Waals surface area contributed by atoms with Gasteiger partial charge in [-0.3, -0.25) is 9.59 Å². The Kier molecular flexibility index (Phi) is 42.1. The van der Waals surface area contributed by atoms with E-state index in [1.54, 1.807) is 0 Å². The highest BCUT2D eigenvalue weighted by molar-refractivity contribution is 5.72. The quantitative estimate of drug-likeness (QED) is 0.0361. The minimum Gasteiger partial charge on any atom is -0.466 e. The summed E-state index contributed by atoms with van der Waals surface area (Å²) in [7, 11) is 0. The zero-order valence-corrected chi connectivity index (χ0v) is 36.7. The zero-order chi connectivity index (χ0) is 40.3. The number of carbonyl (C=O) groups excluding carboxylic acids is 2. The van der Waals surface area contributed by atoms with E-state index in [1.165, 1.54) is 96.3 Å². The Morgan fingerprint density at radius 2 is 1.02 bits per heavy atom. The number of nitrogens with zero attached hydrogens (tertiary/aromatic N) is 1. The maximum Gasteiger partial charge on any atom is 0.308 e. The molecule has 324 valence electrons. The van der Waals surface area contributed by atoms with E-state index in [2.05, 4.69) is 50.0 Å². The van der Waals surface area contributed by atoms with E-state index in [0.29, 0.717) is 26.2 Å². The first-order valence-corrected chi connectivity index (χ1v) is 23.7. The molecule has 55 heavy (non-hydrogen) atoms. The summed E-state index contributed by atoms with van der Waals surface area (Å²) in [6.45, 7) is 10.4. The molecule has 0 spiro atoms. The fourth-order valence-corrected chi connectivity index (χ4v) is 7.07. The molecule has 7 heteroatoms. The molecule has 0 bridgehead atoms. The third-order valence-electron chi connectivity index (χ3n) is 10.7. The van der Waals surface area contributed by atoms with Gasteiger partial charge in [0.25, 0.3) is 0 Å². The van der Waals surface area contributed by atoms with Gasteiger partial charge < -0.3 is 25.2 Å². The Morgan fingerprint density at radius 3 is 1.64 bits per heavy atom. The molecule has 0 rings (SSSR count). The second-order valence-electron chi connectivity index (χ2n) is 16.1. The molecule has 0 saturated carbocycles. The minimum absolute atomic E-state index is 0.0266. The topological polar surface area (TPSA) is 102 Å². The van der Waals surface area contributed by atoms with E-state index >= 15 is 0 Å². The average Bonchev–Trinajstić information content (AvgIpc) is 3.18. The van der Waals surface area contributed by atoms with Crippen LogP contribution in [-0.2, 0) is 19.1 Å². The van der Waals surface area contributed by atoms with Crippen molar-refractivity contribution < 1.29 is 24.2 Å². The molecule has 7 nitrogen and oxygen atoms in total. The van der Waals surface area contributed by atoms with Gasteiger partial charge in [0.05, 0.1) is 25.2 Å². The molecule has 0 heterocycles. The monoisotopic (exact) mass is 777 g/mol. The lowest BCUT2D eigenvalue weighted by Crippen LogP contribution is -2.37. The SMILES string of the molecule is CCCCC/C=C\C/C=C\CCCCCCCC(=O)OCCCCCN(CCCCCCOC(=O)C(CCCCCC)CCCCCCCC)CC(O)CN. The van der Waals surface area contributed by atoms with Gasteiger partial charge in [0.1, 0.15) is 0 Å². The number of rotatable bonds is 43. The second-order valence-corrected chi connectivity index (χ2v) is 16.1. The third kappa shape index (κ3) is 38.9. The van der Waals surface area contributed by atoms with E-state index < -0.39 is 6.10 Å². The fraction of sp³-hybridized carbons (Fsp3) is 0.875. The van der Waals surface area contributed by atoms with Gasteiger partial charge in [0.2, 0.25) is 0 Å². The summed E-state index contributed by atoms with van der Waals surface area (Å²) in [5.41, 5.74) is 5.72. The molecule has 0 fully saturated rings. The van der Waals surface area contributed by atoms with Crippen LogP contribution < -0.4 is 5.73 Å². The molecule has 0 aliphatic heterocycles. The first kappa shape index (κ1) is 53.3. The van der Waals surface area contributed by atoms with Crippen molar-refractivity contribution in [2.45, 2.75) is 226 Å². The van der Waals surface area contributed by atoms with Gasteiger partial charge >= 0.3 is 11.9 Å². The van der Waals surface area contributed by atoms with Crippen LogP contribution in [0.4, 0.5) is 0 Å². The third-order valence-corrected chi connectivity index (χ3v) is 10.7. The van der Waals surface area contributed by atoms with Crippen LogP contribution in [0.15, 0.2) is 24.3 Å². The zero-order valence-electron chi connectivity index (χ0n) is 36.7. The van der Waals surface area contributed by atoms with Gasteiger partial charge in [-0.1, -0.05) is 154 Å². The Bertz CT molecular complexity index is 878. The molecule has 0 aromatic carbocycles. The van der Waals surface area contributed by atoms with Crippen molar-refractivity contribution in [2.24, 2.45) is 11.7 Å². The standard InChI is InChI=1S/C48H92N2O5/c1-4-7-10-13-15-16-17-18-19-20-21-22-23-25-31-38-47(52)54-41-35-28-33-40-50(44-46(51)43-49)39-32-26-27-34-42-55-48(53)45(36-29-12-9-6-3)37-30-24-14-11-8-5-2/h15-16,18-19,45-46,51H,4-14,17,20-44,49H2,1-3H3/b16-15-,19-18-. The van der Waals surface area contributed by atoms with Crippen molar-refractivity contribution >= 4 is 11.9 Å². The van der Waals surface area contributed by atoms with Gasteiger partial charge in [-0.05, 0) is 96.6 Å². The van der Waals surface area contributed by atoms with Crippen molar-refractivity contribution in [1.82, 2.24) is 4.90 Å². The Labute approximate surface area is 341 Å². The molecule has 2 unspecified atom stereocenters. The van der Waals surface area contributed by atoms with Gasteiger partial charge in [0.15, 0.2) is 0 Å². The number of aliphatic hydroxyl groups is 1. The number of nitrogens with two attached hydrogens (primary N) is 1. The van der Waals surface area contributed by atoms with Gasteiger partial charge in [-0.2, -0.15) is 0 Å². The van der Waals surface area contributed by atoms with Crippen LogP contribution in [0, 0.1) is 5.92 Å². The number of allylic oxidation sites excluding steroid dienone is 4. The molecular formula is C48H92N2O5. The molecule has 0 radical (unpaired) electrons. The van der Waals surface area contributed by atoms with Crippen LogP contribution in [0.25, 0.3) is 0 Å². The maximum absolute atomic E-state index is 12.9. The van der Waals surface area contributed by atoms with Crippen LogP contribution in [-0.4, -0.2) is 67.4 Å². The van der Waals surface area contributed by atoms with Crippen LogP contribution in [0.5, 0.6) is 0 Å². The Hall–Kier alpha value is -1.70. The smallest absolute Gasteiger partial charge is 0.308 e. The van der Waals surface area contributed by atoms with E-state index in [0.717, 1.165) is 109 Å². The van der Waals surface area contributed by atoms with Crippen LogP contribution in [0.2, 0.25) is 0 Å². The van der Waals surface area contributed by atoms with Gasteiger partial charge in [0, 0.05) is 19.5 Å². The number of carbonyl (C=O) groups is 2. The van der Waals surface area contributed by atoms with Gasteiger partial charge in [-0.15, -0.1) is 0 Å². The largest absolute Gasteiger partial charge is 0.466 e. The highest BCUT2D eigenvalue weighted by Crippen LogP contribution is 2.21. The number of unbranched alkanes of at least 4 members (excludes halogenated alkanes) is 21. The lowest BCUT2D eigenvalue weighted by molar-refractivity contribution is -0.149. The van der Waals surface area contributed by atoms with Crippen LogP contribution in [0.3, 0.4) is 0 Å². The average molecular weight is 777 g/mol. The lowest BCUT2D eigenvalue weighted by Gasteiger charge is -2.24. The number of hydrogen-bond donors (Lipinski definition) is 2. The summed E-state index contributed by atoms with van der Waals surface area (Å²) in [6.07, 6.45) is 43.4. The minimum atomic E-state index is -0.513. The number of aliphatic hydroxyl groups excluding tert-OH is 1. The summed E-state index contributed by atoms with van der Waals surface area (Å²) in [5.74, 6) is 0.0283. The predicted octanol–water partition coefficient (Wildman–Crippen LogP) is 12.6. The Balaban J connectivity index is 4.04. The summed E-state index contributed by atoms with van der Waals surface area (Å²) >= 11 is 0. The highest BCUT2D eigenvalue weighted by Gasteiger charge is 2.19. The molecule has 0 aliphatic rings. The lowest BCUT2D eigenvalue weighted by atomic mass is 9.94. The second kappa shape index (κ2) is 43.4. The predicted molar refractivity (Wildman–Crippen MR) is 235 cm³/mol. The summed E-state index contributed by atoms with van der Waals surface area (Å²) in [5, 5.41) is 10.2. The molecule has 0 aliphatic carbocycles. The maximum atomic E-state index is 12.9. The number of ether oxygens (including phenoxy) is 2. The number of hydrogen-bond acceptors (Lipinski definition) is 7. The van der Waals surface area contributed by atoms with Crippen molar-refractivity contribution in [3.8, 4) is 0 Å². The number of esters is 2. The van der Waals surface area contributed by atoms with E-state index in [-0.39, 0.29) is 24.4 Å². The normalized spacial score (nSPS) is 13.0. The van der Waals surface area contributed by atoms with Gasteiger partial charge in [-0.25, -0.2) is 0 Å².